The van der Waals surface area contributed by atoms with Crippen LogP contribution in [0.1, 0.15) is 64.5 Å². The van der Waals surface area contributed by atoms with Crippen molar-refractivity contribution in [3.63, 3.8) is 0 Å². The summed E-state index contributed by atoms with van der Waals surface area (Å²) in [6, 6.07) is 0.568. The van der Waals surface area contributed by atoms with Crippen LogP contribution < -0.4 is 5.32 Å². The minimum atomic E-state index is 0.568. The summed E-state index contributed by atoms with van der Waals surface area (Å²) >= 11 is 0. The number of aryl methyl sites for hydroxylation is 1. The first-order chi connectivity index (χ1) is 10.2. The molecule has 4 nitrogen and oxygen atoms in total. The van der Waals surface area contributed by atoms with Gasteiger partial charge in [-0.25, -0.2) is 0 Å². The highest BCUT2D eigenvalue weighted by molar-refractivity contribution is 4.98. The number of aromatic nitrogens is 3. The number of unbranched alkanes of at least 4 members (excludes halogenated alkanes) is 1. The number of nitrogens with one attached hydrogen (secondary N) is 1. The third kappa shape index (κ3) is 5.10. The van der Waals surface area contributed by atoms with Crippen LogP contribution in [-0.2, 0) is 13.5 Å². The number of rotatable bonds is 8. The van der Waals surface area contributed by atoms with Gasteiger partial charge in [-0.1, -0.05) is 51.2 Å². The highest BCUT2D eigenvalue weighted by atomic mass is 15.4. The van der Waals surface area contributed by atoms with E-state index in [0.29, 0.717) is 6.04 Å². The molecule has 0 spiro atoms. The predicted molar refractivity (Wildman–Crippen MR) is 87.1 cm³/mol. The predicted octanol–water partition coefficient (Wildman–Crippen LogP) is 3.33. The molecule has 0 bridgehead atoms. The van der Waals surface area contributed by atoms with Crippen molar-refractivity contribution < 1.29 is 0 Å². The van der Waals surface area contributed by atoms with E-state index >= 15 is 0 Å². The van der Waals surface area contributed by atoms with Crippen molar-refractivity contribution >= 4 is 0 Å². The Labute approximate surface area is 129 Å². The van der Waals surface area contributed by atoms with Gasteiger partial charge in [-0.15, -0.1) is 5.10 Å². The zero-order valence-electron chi connectivity index (χ0n) is 14.0. The molecule has 1 saturated carbocycles. The first kappa shape index (κ1) is 16.5. The summed E-state index contributed by atoms with van der Waals surface area (Å²) in [6.45, 7) is 5.55. The quantitative estimate of drug-likeness (QED) is 0.799. The average molecular weight is 292 g/mol. The third-order valence-corrected chi connectivity index (χ3v) is 4.97. The Kier molecular flexibility index (Phi) is 6.68. The van der Waals surface area contributed by atoms with E-state index in [1.165, 1.54) is 44.9 Å². The van der Waals surface area contributed by atoms with Crippen molar-refractivity contribution in [3.05, 3.63) is 11.9 Å². The van der Waals surface area contributed by atoms with E-state index in [0.717, 1.165) is 30.5 Å². The maximum absolute atomic E-state index is 4.26. The summed E-state index contributed by atoms with van der Waals surface area (Å²) in [5.41, 5.74) is 1.12. The van der Waals surface area contributed by atoms with E-state index < -0.39 is 0 Å². The van der Waals surface area contributed by atoms with Crippen LogP contribution in [0.25, 0.3) is 0 Å². The van der Waals surface area contributed by atoms with Crippen LogP contribution in [0.3, 0.4) is 0 Å². The largest absolute Gasteiger partial charge is 0.314 e. The molecule has 1 N–H and O–H groups in total. The fourth-order valence-corrected chi connectivity index (χ4v) is 3.75. The van der Waals surface area contributed by atoms with Gasteiger partial charge in [-0.3, -0.25) is 4.68 Å². The second kappa shape index (κ2) is 8.52. The second-order valence-corrected chi connectivity index (χ2v) is 6.67. The average Bonchev–Trinajstić information content (AvgIpc) is 2.90. The van der Waals surface area contributed by atoms with Crippen molar-refractivity contribution in [1.82, 2.24) is 20.3 Å². The van der Waals surface area contributed by atoms with Crippen molar-refractivity contribution in [3.8, 4) is 0 Å². The van der Waals surface area contributed by atoms with Crippen molar-refractivity contribution in [2.24, 2.45) is 18.9 Å². The summed E-state index contributed by atoms with van der Waals surface area (Å²) in [4.78, 5) is 0. The molecule has 2 rings (SSSR count). The Morgan fingerprint density at radius 2 is 2.05 bits per heavy atom. The number of hydrogen-bond donors (Lipinski definition) is 1. The standard InChI is InChI=1S/C17H32N4/c1-4-6-7-14-8-10-15(11-9-14)17(18-5-2)12-16-13-21(3)20-19-16/h13-15,17-18H,4-12H2,1-3H3. The lowest BCUT2D eigenvalue weighted by Gasteiger charge is -2.34. The van der Waals surface area contributed by atoms with Gasteiger partial charge in [-0.05, 0) is 31.2 Å². The Morgan fingerprint density at radius 3 is 2.62 bits per heavy atom. The van der Waals surface area contributed by atoms with Crippen molar-refractivity contribution in [2.75, 3.05) is 6.54 Å². The minimum Gasteiger partial charge on any atom is -0.314 e. The number of hydrogen-bond acceptors (Lipinski definition) is 3. The maximum atomic E-state index is 4.26. The van der Waals surface area contributed by atoms with Gasteiger partial charge in [0.2, 0.25) is 0 Å². The highest BCUT2D eigenvalue weighted by Crippen LogP contribution is 2.34. The third-order valence-electron chi connectivity index (χ3n) is 4.97. The minimum absolute atomic E-state index is 0.568. The Hall–Kier alpha value is -0.900. The van der Waals surface area contributed by atoms with Gasteiger partial charge in [0.05, 0.1) is 5.69 Å². The summed E-state index contributed by atoms with van der Waals surface area (Å²) < 4.78 is 1.81. The fraction of sp³-hybridized carbons (Fsp3) is 0.882. The molecule has 0 aromatic carbocycles. The molecule has 1 atom stereocenters. The Morgan fingerprint density at radius 1 is 1.29 bits per heavy atom. The molecule has 1 unspecified atom stereocenters. The van der Waals surface area contributed by atoms with Crippen LogP contribution in [0.4, 0.5) is 0 Å². The summed E-state index contributed by atoms with van der Waals surface area (Å²) in [6.07, 6.45) is 12.9. The molecule has 1 aliphatic rings. The van der Waals surface area contributed by atoms with Crippen LogP contribution >= 0.6 is 0 Å². The highest BCUT2D eigenvalue weighted by Gasteiger charge is 2.27. The van der Waals surface area contributed by atoms with Gasteiger partial charge in [0.1, 0.15) is 0 Å². The van der Waals surface area contributed by atoms with Crippen LogP contribution in [0.5, 0.6) is 0 Å². The monoisotopic (exact) mass is 292 g/mol. The van der Waals surface area contributed by atoms with Gasteiger partial charge in [0, 0.05) is 25.7 Å². The molecule has 0 aliphatic heterocycles. The molecule has 1 aromatic rings. The van der Waals surface area contributed by atoms with E-state index in [2.05, 4.69) is 35.7 Å². The lowest BCUT2D eigenvalue weighted by molar-refractivity contribution is 0.211. The SMILES string of the molecule is CCCCC1CCC(C(Cc2cn(C)nn2)NCC)CC1. The lowest BCUT2D eigenvalue weighted by Crippen LogP contribution is -2.39. The molecule has 1 fully saturated rings. The van der Waals surface area contributed by atoms with E-state index in [1.54, 1.807) is 4.68 Å². The summed E-state index contributed by atoms with van der Waals surface area (Å²) in [7, 11) is 1.94. The van der Waals surface area contributed by atoms with Gasteiger partial charge >= 0.3 is 0 Å². The Bertz CT molecular complexity index is 393. The summed E-state index contributed by atoms with van der Waals surface area (Å²) in [5, 5.41) is 12.0. The molecule has 1 aromatic heterocycles. The van der Waals surface area contributed by atoms with E-state index in [4.69, 9.17) is 0 Å². The first-order valence-corrected chi connectivity index (χ1v) is 8.81. The van der Waals surface area contributed by atoms with Gasteiger partial charge in [0.25, 0.3) is 0 Å². The van der Waals surface area contributed by atoms with Gasteiger partial charge in [-0.2, -0.15) is 0 Å². The molecule has 0 amide bonds. The molecular weight excluding hydrogens is 260 g/mol. The lowest BCUT2D eigenvalue weighted by atomic mass is 9.76. The number of likely N-dealkylation sites (N-methyl/N-ethyl adjacent to an activating group) is 1. The molecular formula is C17H32N4. The van der Waals surface area contributed by atoms with Crippen LogP contribution in [0, 0.1) is 11.8 Å². The fourth-order valence-electron chi connectivity index (χ4n) is 3.75. The normalized spacial score (nSPS) is 24.1. The smallest absolute Gasteiger partial charge is 0.0842 e. The second-order valence-electron chi connectivity index (χ2n) is 6.67. The maximum Gasteiger partial charge on any atom is 0.0842 e. The zero-order chi connectivity index (χ0) is 15.1. The van der Waals surface area contributed by atoms with E-state index in [-0.39, 0.29) is 0 Å². The molecule has 120 valence electrons. The van der Waals surface area contributed by atoms with Gasteiger partial charge in [0.15, 0.2) is 0 Å². The molecule has 1 heterocycles. The van der Waals surface area contributed by atoms with Gasteiger partial charge < -0.3 is 5.32 Å². The van der Waals surface area contributed by atoms with Crippen molar-refractivity contribution in [1.29, 1.82) is 0 Å². The Balaban J connectivity index is 1.84. The topological polar surface area (TPSA) is 42.7 Å². The van der Waals surface area contributed by atoms with Crippen molar-refractivity contribution in [2.45, 2.75) is 71.3 Å². The summed E-state index contributed by atoms with van der Waals surface area (Å²) in [5.74, 6) is 1.80. The number of nitrogens with zero attached hydrogens (tertiary/aromatic N) is 3. The van der Waals surface area contributed by atoms with E-state index in [9.17, 15) is 0 Å². The van der Waals surface area contributed by atoms with Crippen LogP contribution in [-0.4, -0.2) is 27.6 Å². The molecule has 0 radical (unpaired) electrons. The van der Waals surface area contributed by atoms with Crippen LogP contribution in [0.15, 0.2) is 6.20 Å². The molecule has 21 heavy (non-hydrogen) atoms. The van der Waals surface area contributed by atoms with Crippen LogP contribution in [0.2, 0.25) is 0 Å². The van der Waals surface area contributed by atoms with E-state index in [1.807, 2.05) is 7.05 Å². The molecule has 0 saturated heterocycles. The molecule has 4 heteroatoms. The first-order valence-electron chi connectivity index (χ1n) is 8.81. The zero-order valence-corrected chi connectivity index (χ0v) is 14.0. The molecule has 1 aliphatic carbocycles.